The van der Waals surface area contributed by atoms with Crippen LogP contribution in [0, 0.1) is 5.82 Å². The first-order chi connectivity index (χ1) is 22.4. The maximum atomic E-state index is 15.8. The molecule has 1 amide bonds. The predicted molar refractivity (Wildman–Crippen MR) is 174 cm³/mol. The fraction of sp³-hybridized carbons (Fsp3) is 0.250. The number of pyridine rings is 1. The van der Waals surface area contributed by atoms with Crippen molar-refractivity contribution < 1.29 is 9.18 Å². The number of hydrogen-bond acceptors (Lipinski definition) is 6. The van der Waals surface area contributed by atoms with Gasteiger partial charge in [0.1, 0.15) is 23.7 Å². The van der Waals surface area contributed by atoms with E-state index in [4.69, 9.17) is 4.98 Å². The Labute approximate surface area is 265 Å². The molecular formula is C36H33FN8O. The molecule has 0 saturated heterocycles. The number of rotatable bonds is 7. The molecule has 0 radical (unpaired) electrons. The van der Waals surface area contributed by atoms with E-state index >= 15 is 4.39 Å². The summed E-state index contributed by atoms with van der Waals surface area (Å²) in [5, 5.41) is 13.4. The second kappa shape index (κ2) is 11.3. The van der Waals surface area contributed by atoms with Gasteiger partial charge in [0.15, 0.2) is 5.82 Å². The summed E-state index contributed by atoms with van der Waals surface area (Å²) in [4.78, 5) is 25.3. The number of aromatic nitrogens is 6. The number of benzene rings is 3. The molecule has 3 aromatic carbocycles. The summed E-state index contributed by atoms with van der Waals surface area (Å²) in [5.41, 5.74) is 5.49. The number of carbonyl (C=O) groups is 1. The molecule has 3 aromatic heterocycles. The molecule has 4 heterocycles. The molecule has 0 unspecified atom stereocenters. The van der Waals surface area contributed by atoms with Crippen LogP contribution in [0.25, 0.3) is 28.0 Å². The molecule has 0 bridgehead atoms. The number of fused-ring (bicyclic) bond motifs is 4. The highest BCUT2D eigenvalue weighted by Crippen LogP contribution is 2.42. The largest absolute Gasteiger partial charge is 0.310 e. The Morgan fingerprint density at radius 2 is 1.83 bits per heavy atom. The van der Waals surface area contributed by atoms with E-state index in [0.29, 0.717) is 42.9 Å². The lowest BCUT2D eigenvalue weighted by Gasteiger charge is -2.21. The molecule has 2 aliphatic rings. The highest BCUT2D eigenvalue weighted by Gasteiger charge is 2.33. The number of halogens is 1. The summed E-state index contributed by atoms with van der Waals surface area (Å²) < 4.78 is 19.8. The number of amides is 1. The number of anilines is 1. The molecule has 9 nitrogen and oxygen atoms in total. The quantitative estimate of drug-likeness (QED) is 0.208. The van der Waals surface area contributed by atoms with Crippen LogP contribution < -0.4 is 5.32 Å². The van der Waals surface area contributed by atoms with Crippen LogP contribution in [-0.2, 0) is 19.6 Å². The van der Waals surface area contributed by atoms with E-state index in [2.05, 4.69) is 66.4 Å². The molecule has 230 valence electrons. The minimum absolute atomic E-state index is 0.0492. The van der Waals surface area contributed by atoms with Crippen LogP contribution in [0.5, 0.6) is 0 Å². The van der Waals surface area contributed by atoms with Crippen molar-refractivity contribution in [1.82, 2.24) is 34.2 Å². The Hall–Kier alpha value is -5.22. The highest BCUT2D eigenvalue weighted by atomic mass is 19.1. The van der Waals surface area contributed by atoms with Crippen molar-refractivity contribution in [2.24, 2.45) is 0 Å². The smallest absolute Gasteiger partial charge is 0.259 e. The van der Waals surface area contributed by atoms with Gasteiger partial charge in [0.2, 0.25) is 0 Å². The molecule has 1 N–H and O–H groups in total. The number of nitrogens with zero attached hydrogens (tertiary/aromatic N) is 7. The van der Waals surface area contributed by atoms with Gasteiger partial charge < -0.3 is 14.5 Å². The Morgan fingerprint density at radius 1 is 0.978 bits per heavy atom. The van der Waals surface area contributed by atoms with E-state index in [1.54, 1.807) is 24.5 Å². The zero-order valence-corrected chi connectivity index (χ0v) is 25.7. The summed E-state index contributed by atoms with van der Waals surface area (Å²) >= 11 is 0. The normalized spacial score (nSPS) is 14.7. The maximum absolute atomic E-state index is 15.8. The predicted octanol–water partition coefficient (Wildman–Crippen LogP) is 7.04. The van der Waals surface area contributed by atoms with Gasteiger partial charge in [0.25, 0.3) is 5.91 Å². The zero-order chi connectivity index (χ0) is 31.4. The van der Waals surface area contributed by atoms with Crippen LogP contribution in [0.15, 0.2) is 85.5 Å². The number of carbonyl (C=O) groups excluding carboxylic acids is 1. The first kappa shape index (κ1) is 28.3. The zero-order valence-electron chi connectivity index (χ0n) is 25.7. The summed E-state index contributed by atoms with van der Waals surface area (Å²) in [6, 6.07) is 23.4. The van der Waals surface area contributed by atoms with Gasteiger partial charge in [0.05, 0.1) is 29.0 Å². The second-order valence-electron chi connectivity index (χ2n) is 12.5. The van der Waals surface area contributed by atoms with E-state index in [9.17, 15) is 4.79 Å². The number of hydrogen-bond donors (Lipinski definition) is 1. The third-order valence-corrected chi connectivity index (χ3v) is 8.87. The van der Waals surface area contributed by atoms with Crippen molar-refractivity contribution in [3.63, 3.8) is 0 Å². The average molecular weight is 613 g/mol. The number of nitrogens with one attached hydrogen (secondary N) is 1. The van der Waals surface area contributed by atoms with Gasteiger partial charge in [-0.15, -0.1) is 10.2 Å². The lowest BCUT2D eigenvalue weighted by Crippen LogP contribution is -2.22. The summed E-state index contributed by atoms with van der Waals surface area (Å²) in [7, 11) is 0. The van der Waals surface area contributed by atoms with Gasteiger partial charge in [-0.25, -0.2) is 14.4 Å². The van der Waals surface area contributed by atoms with Crippen molar-refractivity contribution in [2.75, 3.05) is 5.32 Å². The van der Waals surface area contributed by atoms with Crippen molar-refractivity contribution in [3.8, 4) is 17.2 Å². The monoisotopic (exact) mass is 612 g/mol. The molecule has 46 heavy (non-hydrogen) atoms. The van der Waals surface area contributed by atoms with Gasteiger partial charge in [-0.3, -0.25) is 9.69 Å². The molecule has 1 aliphatic heterocycles. The Kier molecular flexibility index (Phi) is 6.94. The van der Waals surface area contributed by atoms with Crippen molar-refractivity contribution in [1.29, 1.82) is 0 Å². The SMILES string of the molecule is CC(C)n1cnnc1-c1cccc(NC(=O)c2cc3c(cc2F)CN(Cc2ccc4ccccc4c2)Cc2c(C4CC4)ncn2-3)n1. The summed E-state index contributed by atoms with van der Waals surface area (Å²) in [6.07, 6.45) is 5.73. The van der Waals surface area contributed by atoms with Crippen LogP contribution in [0.2, 0.25) is 0 Å². The fourth-order valence-electron chi connectivity index (χ4n) is 6.41. The third kappa shape index (κ3) is 5.24. The highest BCUT2D eigenvalue weighted by molar-refractivity contribution is 6.04. The fourth-order valence-corrected chi connectivity index (χ4v) is 6.41. The molecule has 1 saturated carbocycles. The third-order valence-electron chi connectivity index (χ3n) is 8.87. The topological polar surface area (TPSA) is 93.8 Å². The summed E-state index contributed by atoms with van der Waals surface area (Å²) in [6.45, 7) is 5.97. The van der Waals surface area contributed by atoms with Crippen molar-refractivity contribution >= 4 is 22.5 Å². The molecule has 0 atom stereocenters. The molecular weight excluding hydrogens is 579 g/mol. The summed E-state index contributed by atoms with van der Waals surface area (Å²) in [5.74, 6) is 0.189. The van der Waals surface area contributed by atoms with E-state index in [-0.39, 0.29) is 11.6 Å². The van der Waals surface area contributed by atoms with Gasteiger partial charge in [-0.2, -0.15) is 0 Å². The molecule has 8 rings (SSSR count). The van der Waals surface area contributed by atoms with Gasteiger partial charge >= 0.3 is 0 Å². The molecule has 1 fully saturated rings. The minimum atomic E-state index is -0.580. The maximum Gasteiger partial charge on any atom is 0.259 e. The van der Waals surface area contributed by atoms with Crippen molar-refractivity contribution in [2.45, 2.75) is 58.3 Å². The minimum Gasteiger partial charge on any atom is -0.310 e. The molecule has 6 aromatic rings. The van der Waals surface area contributed by atoms with Crippen LogP contribution in [0.1, 0.15) is 71.5 Å². The standard InChI is InChI=1S/C36H33FN8O/c1-22(2)44-21-39-42-35(44)30-8-5-9-33(40-30)41-36(46)28-16-31-27(15-29(28)37)18-43(19-32-34(25-12-13-25)38-20-45(31)32)17-23-10-11-24-6-3-4-7-26(24)14-23/h3-11,14-16,20-22,25H,12-13,17-19H2,1-2H3,(H,40,41,46). The second-order valence-corrected chi connectivity index (χ2v) is 12.5. The van der Waals surface area contributed by atoms with Crippen LogP contribution in [-0.4, -0.2) is 40.1 Å². The van der Waals surface area contributed by atoms with Crippen molar-refractivity contribution in [3.05, 3.63) is 119 Å². The van der Waals surface area contributed by atoms with E-state index in [1.807, 2.05) is 36.9 Å². The Morgan fingerprint density at radius 3 is 2.65 bits per heavy atom. The first-order valence-corrected chi connectivity index (χ1v) is 15.7. The molecule has 0 spiro atoms. The first-order valence-electron chi connectivity index (χ1n) is 15.7. The lowest BCUT2D eigenvalue weighted by molar-refractivity contribution is 0.102. The van der Waals surface area contributed by atoms with E-state index < -0.39 is 11.7 Å². The Bertz CT molecular complexity index is 2110. The lowest BCUT2D eigenvalue weighted by atomic mass is 10.1. The average Bonchev–Trinajstić information content (AvgIpc) is 3.65. The molecule has 10 heteroatoms. The van der Waals surface area contributed by atoms with Gasteiger partial charge in [-0.1, -0.05) is 42.5 Å². The van der Waals surface area contributed by atoms with Crippen LogP contribution in [0.3, 0.4) is 0 Å². The van der Waals surface area contributed by atoms with E-state index in [0.717, 1.165) is 35.5 Å². The Balaban J connectivity index is 1.12. The van der Waals surface area contributed by atoms with Gasteiger partial charge in [0, 0.05) is 31.6 Å². The van der Waals surface area contributed by atoms with Gasteiger partial charge in [-0.05, 0) is 78.9 Å². The molecule has 1 aliphatic carbocycles. The van der Waals surface area contributed by atoms with Crippen LogP contribution >= 0.6 is 0 Å². The number of imidazole rings is 1. The van der Waals surface area contributed by atoms with E-state index in [1.165, 1.54) is 22.4 Å². The van der Waals surface area contributed by atoms with Crippen LogP contribution in [0.4, 0.5) is 10.2 Å².